The van der Waals surface area contributed by atoms with Gasteiger partial charge in [0.2, 0.25) is 0 Å². The third-order valence-corrected chi connectivity index (χ3v) is 3.72. The van der Waals surface area contributed by atoms with Crippen LogP contribution >= 0.6 is 0 Å². The highest BCUT2D eigenvalue weighted by Crippen LogP contribution is 2.17. The molecule has 126 valence electrons. The minimum Gasteiger partial charge on any atom is -0.491 e. The van der Waals surface area contributed by atoms with Crippen molar-refractivity contribution in [1.82, 2.24) is 10.6 Å². The van der Waals surface area contributed by atoms with Gasteiger partial charge in [0.15, 0.2) is 0 Å². The fourth-order valence-electron chi connectivity index (χ4n) is 2.56. The maximum Gasteiger partial charge on any atom is 0.315 e. The molecule has 0 unspecified atom stereocenters. The molecule has 0 bridgehead atoms. The second kappa shape index (κ2) is 8.58. The SMILES string of the molecule is CC(C)Oc1ccc(CCNC(=O)N[C@@H]2C=C[C@H](CO)C2)cc1. The molecule has 0 saturated carbocycles. The van der Waals surface area contributed by atoms with Gasteiger partial charge in [-0.25, -0.2) is 4.79 Å². The summed E-state index contributed by atoms with van der Waals surface area (Å²) in [6.07, 6.45) is 5.59. The van der Waals surface area contributed by atoms with Gasteiger partial charge in [-0.15, -0.1) is 0 Å². The van der Waals surface area contributed by atoms with Gasteiger partial charge in [0.05, 0.1) is 6.10 Å². The Balaban J connectivity index is 1.66. The fraction of sp³-hybridized carbons (Fsp3) is 0.500. The Kier molecular flexibility index (Phi) is 6.47. The minimum absolute atomic E-state index is 0.0135. The number of rotatable bonds is 7. The van der Waals surface area contributed by atoms with Gasteiger partial charge in [-0.3, -0.25) is 0 Å². The molecule has 1 aromatic rings. The monoisotopic (exact) mass is 318 g/mol. The van der Waals surface area contributed by atoms with Crippen LogP contribution in [0.3, 0.4) is 0 Å². The van der Waals surface area contributed by atoms with Crippen molar-refractivity contribution >= 4 is 6.03 Å². The van der Waals surface area contributed by atoms with Crippen LogP contribution in [-0.4, -0.2) is 36.4 Å². The van der Waals surface area contributed by atoms with Gasteiger partial charge in [0.1, 0.15) is 5.75 Å². The number of benzene rings is 1. The molecule has 5 nitrogen and oxygen atoms in total. The molecule has 0 saturated heterocycles. The van der Waals surface area contributed by atoms with E-state index in [1.165, 1.54) is 0 Å². The summed E-state index contributed by atoms with van der Waals surface area (Å²) in [6, 6.07) is 7.78. The zero-order chi connectivity index (χ0) is 16.7. The molecule has 0 heterocycles. The van der Waals surface area contributed by atoms with Crippen LogP contribution in [0.2, 0.25) is 0 Å². The summed E-state index contributed by atoms with van der Waals surface area (Å²) in [7, 11) is 0. The van der Waals surface area contributed by atoms with Gasteiger partial charge in [0, 0.05) is 25.1 Å². The van der Waals surface area contributed by atoms with Crippen molar-refractivity contribution in [3.8, 4) is 5.75 Å². The Bertz CT molecular complexity index is 526. The molecule has 1 aliphatic rings. The predicted octanol–water partition coefficient (Wildman–Crippen LogP) is 2.25. The highest BCUT2D eigenvalue weighted by atomic mass is 16.5. The van der Waals surface area contributed by atoms with Crippen molar-refractivity contribution in [1.29, 1.82) is 0 Å². The third kappa shape index (κ3) is 5.94. The predicted molar refractivity (Wildman–Crippen MR) is 90.6 cm³/mol. The van der Waals surface area contributed by atoms with Crippen LogP contribution in [0.25, 0.3) is 0 Å². The molecule has 2 atom stereocenters. The summed E-state index contributed by atoms with van der Waals surface area (Å²) in [5.41, 5.74) is 1.16. The molecular formula is C18H26N2O3. The molecule has 0 aliphatic heterocycles. The lowest BCUT2D eigenvalue weighted by molar-refractivity contribution is 0.231. The number of hydrogen-bond acceptors (Lipinski definition) is 3. The second-order valence-electron chi connectivity index (χ2n) is 6.13. The zero-order valence-electron chi connectivity index (χ0n) is 13.8. The first-order valence-corrected chi connectivity index (χ1v) is 8.16. The number of carbonyl (C=O) groups excluding carboxylic acids is 1. The number of hydrogen-bond donors (Lipinski definition) is 3. The Morgan fingerprint density at radius 3 is 2.65 bits per heavy atom. The lowest BCUT2D eigenvalue weighted by Gasteiger charge is -2.14. The van der Waals surface area contributed by atoms with Crippen LogP contribution < -0.4 is 15.4 Å². The fourth-order valence-corrected chi connectivity index (χ4v) is 2.56. The molecular weight excluding hydrogens is 292 g/mol. The highest BCUT2D eigenvalue weighted by molar-refractivity contribution is 5.74. The van der Waals surface area contributed by atoms with Crippen LogP contribution in [0, 0.1) is 5.92 Å². The Labute approximate surface area is 137 Å². The van der Waals surface area contributed by atoms with Crippen molar-refractivity contribution in [3.05, 3.63) is 42.0 Å². The van der Waals surface area contributed by atoms with Crippen LogP contribution in [0.5, 0.6) is 5.75 Å². The number of urea groups is 1. The number of aliphatic hydroxyl groups excluding tert-OH is 1. The normalized spacial score (nSPS) is 19.8. The van der Waals surface area contributed by atoms with E-state index in [-0.39, 0.29) is 30.7 Å². The van der Waals surface area contributed by atoms with E-state index in [0.717, 1.165) is 24.2 Å². The van der Waals surface area contributed by atoms with Gasteiger partial charge in [-0.05, 0) is 44.4 Å². The Morgan fingerprint density at radius 2 is 2.04 bits per heavy atom. The Morgan fingerprint density at radius 1 is 1.30 bits per heavy atom. The van der Waals surface area contributed by atoms with E-state index in [9.17, 15) is 4.79 Å². The summed E-state index contributed by atoms with van der Waals surface area (Å²) in [4.78, 5) is 11.8. The van der Waals surface area contributed by atoms with E-state index in [2.05, 4.69) is 10.6 Å². The molecule has 23 heavy (non-hydrogen) atoms. The largest absolute Gasteiger partial charge is 0.491 e. The quantitative estimate of drug-likeness (QED) is 0.675. The molecule has 0 aromatic heterocycles. The Hall–Kier alpha value is -2.01. The first kappa shape index (κ1) is 17.3. The van der Waals surface area contributed by atoms with E-state index >= 15 is 0 Å². The average molecular weight is 318 g/mol. The number of carbonyl (C=O) groups is 1. The molecule has 1 aliphatic carbocycles. The second-order valence-corrected chi connectivity index (χ2v) is 6.13. The van der Waals surface area contributed by atoms with Crippen LogP contribution in [-0.2, 0) is 6.42 Å². The summed E-state index contributed by atoms with van der Waals surface area (Å²) < 4.78 is 5.60. The van der Waals surface area contributed by atoms with Gasteiger partial charge in [-0.2, -0.15) is 0 Å². The molecule has 3 N–H and O–H groups in total. The lowest BCUT2D eigenvalue weighted by Crippen LogP contribution is -2.41. The zero-order valence-corrected chi connectivity index (χ0v) is 13.8. The number of ether oxygens (including phenoxy) is 1. The van der Waals surface area contributed by atoms with E-state index in [4.69, 9.17) is 9.84 Å². The molecule has 5 heteroatoms. The van der Waals surface area contributed by atoms with Crippen molar-refractivity contribution in [2.45, 2.75) is 38.8 Å². The van der Waals surface area contributed by atoms with Gasteiger partial charge < -0.3 is 20.5 Å². The van der Waals surface area contributed by atoms with Crippen molar-refractivity contribution in [2.24, 2.45) is 5.92 Å². The van der Waals surface area contributed by atoms with Crippen LogP contribution in [0.1, 0.15) is 25.8 Å². The van der Waals surface area contributed by atoms with Crippen molar-refractivity contribution in [3.63, 3.8) is 0 Å². The van der Waals surface area contributed by atoms with Gasteiger partial charge in [0.25, 0.3) is 0 Å². The van der Waals surface area contributed by atoms with Crippen LogP contribution in [0.4, 0.5) is 4.79 Å². The first-order valence-electron chi connectivity index (χ1n) is 8.16. The maximum atomic E-state index is 11.8. The maximum absolute atomic E-state index is 11.8. The van der Waals surface area contributed by atoms with Crippen LogP contribution in [0.15, 0.2) is 36.4 Å². The molecule has 0 fully saturated rings. The molecule has 0 spiro atoms. The summed E-state index contributed by atoms with van der Waals surface area (Å²) >= 11 is 0. The summed E-state index contributed by atoms with van der Waals surface area (Å²) in [5, 5.41) is 14.8. The standard InChI is InChI=1S/C18H26N2O3/c1-13(2)23-17-7-4-14(5-8-17)9-10-19-18(22)20-16-6-3-15(11-16)12-21/h3-8,13,15-16,21H,9-12H2,1-2H3,(H2,19,20,22)/t15-,16+/m0/s1. The number of amides is 2. The van der Waals surface area contributed by atoms with E-state index in [1.807, 2.05) is 50.3 Å². The topological polar surface area (TPSA) is 70.6 Å². The van der Waals surface area contributed by atoms with Crippen molar-refractivity contribution in [2.75, 3.05) is 13.2 Å². The first-order chi connectivity index (χ1) is 11.1. The summed E-state index contributed by atoms with van der Waals surface area (Å²) in [6.45, 7) is 4.71. The molecule has 0 radical (unpaired) electrons. The average Bonchev–Trinajstić information content (AvgIpc) is 2.96. The molecule has 2 amide bonds. The summed E-state index contributed by atoms with van der Waals surface area (Å²) in [5.74, 6) is 1.02. The van der Waals surface area contributed by atoms with E-state index in [1.54, 1.807) is 0 Å². The highest BCUT2D eigenvalue weighted by Gasteiger charge is 2.19. The molecule has 2 rings (SSSR count). The number of aliphatic hydroxyl groups is 1. The number of nitrogens with one attached hydrogen (secondary N) is 2. The lowest BCUT2D eigenvalue weighted by atomic mass is 10.1. The molecule has 1 aromatic carbocycles. The minimum atomic E-state index is -0.169. The smallest absolute Gasteiger partial charge is 0.315 e. The van der Waals surface area contributed by atoms with E-state index < -0.39 is 0 Å². The van der Waals surface area contributed by atoms with E-state index in [0.29, 0.717) is 6.54 Å². The van der Waals surface area contributed by atoms with Gasteiger partial charge >= 0.3 is 6.03 Å². The van der Waals surface area contributed by atoms with Crippen molar-refractivity contribution < 1.29 is 14.6 Å². The third-order valence-electron chi connectivity index (χ3n) is 3.72. The van der Waals surface area contributed by atoms with Gasteiger partial charge in [-0.1, -0.05) is 24.3 Å².